The van der Waals surface area contributed by atoms with Crippen LogP contribution in [0.3, 0.4) is 0 Å². The average Bonchev–Trinajstić information content (AvgIpc) is 2.56. The number of nitrogens with zero attached hydrogens (tertiary/aromatic N) is 3. The van der Waals surface area contributed by atoms with E-state index in [9.17, 15) is 0 Å². The first-order chi connectivity index (χ1) is 11.2. The zero-order valence-electron chi connectivity index (χ0n) is 13.8. The molecule has 1 aromatic heterocycles. The molecule has 0 spiro atoms. The second-order valence-corrected chi connectivity index (χ2v) is 6.74. The van der Waals surface area contributed by atoms with E-state index in [4.69, 9.17) is 11.6 Å². The van der Waals surface area contributed by atoms with Gasteiger partial charge in [0.1, 0.15) is 0 Å². The van der Waals surface area contributed by atoms with E-state index < -0.39 is 0 Å². The Kier molecular flexibility index (Phi) is 5.70. The lowest BCUT2D eigenvalue weighted by molar-refractivity contribution is 0.152. The summed E-state index contributed by atoms with van der Waals surface area (Å²) in [4.78, 5) is 9.36. The van der Waals surface area contributed by atoms with Crippen molar-refractivity contribution in [3.63, 3.8) is 0 Å². The molecule has 23 heavy (non-hydrogen) atoms. The van der Waals surface area contributed by atoms with E-state index in [1.165, 1.54) is 45.6 Å². The molecule has 2 heterocycles. The quantitative estimate of drug-likeness (QED) is 0.822. The molecule has 5 heteroatoms. The van der Waals surface area contributed by atoms with E-state index in [-0.39, 0.29) is 0 Å². The first kappa shape index (κ1) is 16.5. The van der Waals surface area contributed by atoms with Crippen LogP contribution < -0.4 is 5.32 Å². The largest absolute Gasteiger partial charge is 0.384 e. The molecule has 1 fully saturated rings. The lowest BCUT2D eigenvalue weighted by atomic mass is 10.2. The normalized spacial score (nSPS) is 16.8. The summed E-state index contributed by atoms with van der Waals surface area (Å²) in [5.74, 6) is 0. The number of fused-ring (bicyclic) bond motifs is 1. The minimum absolute atomic E-state index is 0.753. The highest BCUT2D eigenvalue weighted by atomic mass is 35.5. The van der Waals surface area contributed by atoms with Gasteiger partial charge in [-0.15, -0.1) is 0 Å². The number of hydrogen-bond donors (Lipinski definition) is 1. The summed E-state index contributed by atoms with van der Waals surface area (Å²) in [6, 6.07) is 7.86. The van der Waals surface area contributed by atoms with Crippen molar-refractivity contribution >= 4 is 28.2 Å². The average molecular weight is 333 g/mol. The standard InChI is InChI=1S/C18H25ClN4/c1-22-10-12-23(13-11-22)9-3-2-7-20-18-6-8-21-17-5-4-15(19)14-16(17)18/h4-6,8,14H,2-3,7,9-13H2,1H3,(H,20,21). The van der Waals surface area contributed by atoms with Gasteiger partial charge in [0.05, 0.1) is 5.52 Å². The number of rotatable bonds is 6. The predicted molar refractivity (Wildman–Crippen MR) is 98.4 cm³/mol. The number of benzene rings is 1. The monoisotopic (exact) mass is 332 g/mol. The third kappa shape index (κ3) is 4.56. The number of aromatic nitrogens is 1. The van der Waals surface area contributed by atoms with E-state index in [1.54, 1.807) is 0 Å². The second kappa shape index (κ2) is 7.95. The molecule has 0 bridgehead atoms. The van der Waals surface area contributed by atoms with E-state index >= 15 is 0 Å². The van der Waals surface area contributed by atoms with Gasteiger partial charge in [0.15, 0.2) is 0 Å². The summed E-state index contributed by atoms with van der Waals surface area (Å²) < 4.78 is 0. The maximum atomic E-state index is 6.11. The van der Waals surface area contributed by atoms with Crippen molar-refractivity contribution in [3.8, 4) is 0 Å². The number of piperazine rings is 1. The molecule has 124 valence electrons. The summed E-state index contributed by atoms with van der Waals surface area (Å²) in [6.45, 7) is 7.00. The minimum atomic E-state index is 0.753. The molecule has 3 rings (SSSR count). The van der Waals surface area contributed by atoms with Crippen LogP contribution >= 0.6 is 11.6 Å². The molecule has 0 saturated carbocycles. The Bertz CT molecular complexity index is 638. The molecule has 0 aliphatic carbocycles. The Hall–Kier alpha value is -1.36. The maximum Gasteiger partial charge on any atom is 0.0723 e. The predicted octanol–water partition coefficient (Wildman–Crippen LogP) is 3.33. The van der Waals surface area contributed by atoms with Crippen LogP contribution in [0.15, 0.2) is 30.5 Å². The molecule has 1 aliphatic rings. The number of halogens is 1. The molecule has 1 aromatic carbocycles. The Labute approximate surface area is 143 Å². The number of nitrogens with one attached hydrogen (secondary N) is 1. The van der Waals surface area contributed by atoms with Crippen LogP contribution in [-0.4, -0.2) is 61.1 Å². The fraction of sp³-hybridized carbons (Fsp3) is 0.500. The Balaban J connectivity index is 1.45. The molecule has 1 saturated heterocycles. The molecule has 1 N–H and O–H groups in total. The minimum Gasteiger partial charge on any atom is -0.384 e. The van der Waals surface area contributed by atoms with Gasteiger partial charge in [0.2, 0.25) is 0 Å². The zero-order valence-corrected chi connectivity index (χ0v) is 14.5. The molecule has 2 aromatic rings. The fourth-order valence-electron chi connectivity index (χ4n) is 3.03. The first-order valence-corrected chi connectivity index (χ1v) is 8.79. The van der Waals surface area contributed by atoms with Gasteiger partial charge in [-0.1, -0.05) is 11.6 Å². The summed E-state index contributed by atoms with van der Waals surface area (Å²) >= 11 is 6.11. The molecule has 0 amide bonds. The van der Waals surface area contributed by atoms with Crippen LogP contribution in [-0.2, 0) is 0 Å². The van der Waals surface area contributed by atoms with Gasteiger partial charge in [-0.2, -0.15) is 0 Å². The molecule has 0 atom stereocenters. The molecular weight excluding hydrogens is 308 g/mol. The smallest absolute Gasteiger partial charge is 0.0723 e. The van der Waals surface area contributed by atoms with Crippen LogP contribution in [0.2, 0.25) is 5.02 Å². The summed E-state index contributed by atoms with van der Waals surface area (Å²) in [5.41, 5.74) is 2.11. The third-order valence-corrected chi connectivity index (χ3v) is 4.75. The van der Waals surface area contributed by atoms with Crippen molar-refractivity contribution in [1.29, 1.82) is 0 Å². The number of likely N-dealkylation sites (N-methyl/N-ethyl adjacent to an activating group) is 1. The fourth-order valence-corrected chi connectivity index (χ4v) is 3.20. The topological polar surface area (TPSA) is 31.4 Å². The number of pyridine rings is 1. The molecule has 0 radical (unpaired) electrons. The van der Waals surface area contributed by atoms with Gasteiger partial charge in [-0.25, -0.2) is 0 Å². The van der Waals surface area contributed by atoms with Crippen LogP contribution in [0.4, 0.5) is 5.69 Å². The van der Waals surface area contributed by atoms with Crippen LogP contribution in [0.25, 0.3) is 10.9 Å². The lowest BCUT2D eigenvalue weighted by Gasteiger charge is -2.32. The highest BCUT2D eigenvalue weighted by molar-refractivity contribution is 6.31. The highest BCUT2D eigenvalue weighted by Gasteiger charge is 2.12. The van der Waals surface area contributed by atoms with E-state index in [0.29, 0.717) is 0 Å². The second-order valence-electron chi connectivity index (χ2n) is 6.30. The van der Waals surface area contributed by atoms with E-state index in [1.807, 2.05) is 30.5 Å². The van der Waals surface area contributed by atoms with Gasteiger partial charge < -0.3 is 15.1 Å². The number of unbranched alkanes of at least 4 members (excludes halogenated alkanes) is 1. The van der Waals surface area contributed by atoms with E-state index in [2.05, 4.69) is 27.1 Å². The zero-order chi connectivity index (χ0) is 16.1. The summed E-state index contributed by atoms with van der Waals surface area (Å²) in [6.07, 6.45) is 4.26. The first-order valence-electron chi connectivity index (χ1n) is 8.41. The SMILES string of the molecule is CN1CCN(CCCCNc2ccnc3ccc(Cl)cc23)CC1. The van der Waals surface area contributed by atoms with Gasteiger partial charge in [0.25, 0.3) is 0 Å². The van der Waals surface area contributed by atoms with Crippen molar-refractivity contribution in [1.82, 2.24) is 14.8 Å². The van der Waals surface area contributed by atoms with Gasteiger partial charge in [0, 0.05) is 55.0 Å². The summed E-state index contributed by atoms with van der Waals surface area (Å²) in [5, 5.41) is 5.38. The van der Waals surface area contributed by atoms with Crippen molar-refractivity contribution in [2.24, 2.45) is 0 Å². The molecular formula is C18H25ClN4. The van der Waals surface area contributed by atoms with Crippen molar-refractivity contribution in [2.45, 2.75) is 12.8 Å². The van der Waals surface area contributed by atoms with Gasteiger partial charge in [-0.3, -0.25) is 4.98 Å². The van der Waals surface area contributed by atoms with Crippen molar-refractivity contribution in [2.75, 3.05) is 51.6 Å². The highest BCUT2D eigenvalue weighted by Crippen LogP contribution is 2.24. The molecule has 0 unspecified atom stereocenters. The van der Waals surface area contributed by atoms with Crippen molar-refractivity contribution in [3.05, 3.63) is 35.5 Å². The van der Waals surface area contributed by atoms with E-state index in [0.717, 1.165) is 28.2 Å². The van der Waals surface area contributed by atoms with Gasteiger partial charge in [-0.05, 0) is 50.7 Å². The van der Waals surface area contributed by atoms with Crippen LogP contribution in [0, 0.1) is 0 Å². The number of hydrogen-bond acceptors (Lipinski definition) is 4. The van der Waals surface area contributed by atoms with Gasteiger partial charge >= 0.3 is 0 Å². The third-order valence-electron chi connectivity index (χ3n) is 4.52. The van der Waals surface area contributed by atoms with Crippen molar-refractivity contribution < 1.29 is 0 Å². The Morgan fingerprint density at radius 3 is 2.78 bits per heavy atom. The number of anilines is 1. The molecule has 1 aliphatic heterocycles. The Morgan fingerprint density at radius 2 is 1.96 bits per heavy atom. The van der Waals surface area contributed by atoms with Crippen LogP contribution in [0.1, 0.15) is 12.8 Å². The Morgan fingerprint density at radius 1 is 1.13 bits per heavy atom. The lowest BCUT2D eigenvalue weighted by Crippen LogP contribution is -2.44. The summed E-state index contributed by atoms with van der Waals surface area (Å²) in [7, 11) is 2.20. The maximum absolute atomic E-state index is 6.11. The molecule has 4 nitrogen and oxygen atoms in total. The van der Waals surface area contributed by atoms with Crippen LogP contribution in [0.5, 0.6) is 0 Å².